The number of anilines is 1. The Morgan fingerprint density at radius 3 is 2.74 bits per heavy atom. The van der Waals surface area contributed by atoms with Crippen molar-refractivity contribution in [2.75, 3.05) is 12.4 Å². The van der Waals surface area contributed by atoms with Crippen molar-refractivity contribution in [2.24, 2.45) is 7.05 Å². The van der Waals surface area contributed by atoms with Gasteiger partial charge in [-0.2, -0.15) is 0 Å². The first-order valence-corrected chi connectivity index (χ1v) is 12.4. The second kappa shape index (κ2) is 9.90. The van der Waals surface area contributed by atoms with Crippen molar-refractivity contribution in [3.8, 4) is 16.5 Å². The molecule has 0 aliphatic heterocycles. The first kappa shape index (κ1) is 23.8. The Labute approximate surface area is 205 Å². The molecule has 0 spiro atoms. The highest BCUT2D eigenvalue weighted by molar-refractivity contribution is 7.17. The largest absolute Gasteiger partial charge is 0.479 e. The van der Waals surface area contributed by atoms with E-state index in [-0.39, 0.29) is 11.8 Å². The van der Waals surface area contributed by atoms with Crippen molar-refractivity contribution >= 4 is 50.7 Å². The molecule has 0 atom stereocenters. The Balaban J connectivity index is 1.41. The third-order valence-electron chi connectivity index (χ3n) is 5.49. The number of rotatable bonds is 8. The lowest BCUT2D eigenvalue weighted by Gasteiger charge is -2.11. The van der Waals surface area contributed by atoms with E-state index in [0.29, 0.717) is 30.4 Å². The van der Waals surface area contributed by atoms with E-state index in [4.69, 9.17) is 4.74 Å². The van der Waals surface area contributed by atoms with Crippen LogP contribution in [0.4, 0.5) is 5.13 Å². The van der Waals surface area contributed by atoms with E-state index in [1.807, 2.05) is 38.4 Å². The van der Waals surface area contributed by atoms with Crippen LogP contribution in [0.5, 0.6) is 5.88 Å². The van der Waals surface area contributed by atoms with E-state index in [0.717, 1.165) is 43.3 Å². The summed E-state index contributed by atoms with van der Waals surface area (Å²) in [7, 11) is 3.43. The predicted octanol–water partition coefficient (Wildman–Crippen LogP) is 3.99. The maximum absolute atomic E-state index is 12.7. The van der Waals surface area contributed by atoms with Gasteiger partial charge >= 0.3 is 0 Å². The van der Waals surface area contributed by atoms with E-state index in [1.54, 1.807) is 23.1 Å². The minimum atomic E-state index is -0.101. The Hall–Kier alpha value is -3.31. The second-order valence-electron chi connectivity index (χ2n) is 7.89. The summed E-state index contributed by atoms with van der Waals surface area (Å²) in [4.78, 5) is 35.0. The Bertz CT molecular complexity index is 1370. The van der Waals surface area contributed by atoms with Crippen LogP contribution in [0.3, 0.4) is 0 Å². The smallest absolute Gasteiger partial charge is 0.242 e. The molecule has 0 fully saturated rings. The molecule has 9 nitrogen and oxygen atoms in total. The summed E-state index contributed by atoms with van der Waals surface area (Å²) in [6, 6.07) is 3.95. The molecule has 2 N–H and O–H groups in total. The van der Waals surface area contributed by atoms with Crippen molar-refractivity contribution in [3.05, 3.63) is 39.2 Å². The number of nitrogens with zero attached hydrogens (tertiary/aromatic N) is 4. The summed E-state index contributed by atoms with van der Waals surface area (Å²) in [6.45, 7) is 5.96. The van der Waals surface area contributed by atoms with Gasteiger partial charge in [-0.3, -0.25) is 9.59 Å². The molecule has 0 saturated carbocycles. The molecule has 0 saturated heterocycles. The molecule has 34 heavy (non-hydrogen) atoms. The molecule has 0 unspecified atom stereocenters. The number of aryl methyl sites for hydroxylation is 3. The van der Waals surface area contributed by atoms with Crippen LogP contribution in [-0.4, -0.2) is 38.7 Å². The summed E-state index contributed by atoms with van der Waals surface area (Å²) >= 11 is 2.96. The van der Waals surface area contributed by atoms with Gasteiger partial charge in [-0.25, -0.2) is 14.6 Å². The van der Waals surface area contributed by atoms with Crippen LogP contribution in [0, 0.1) is 13.8 Å². The third kappa shape index (κ3) is 4.95. The summed E-state index contributed by atoms with van der Waals surface area (Å²) in [5.74, 6) is 0.377. The lowest BCUT2D eigenvalue weighted by Crippen LogP contribution is -2.17. The average Bonchev–Trinajstić information content (AvgIpc) is 3.51. The Morgan fingerprint density at radius 2 is 2.00 bits per heavy atom. The van der Waals surface area contributed by atoms with Gasteiger partial charge in [0.2, 0.25) is 17.7 Å². The number of thiophene rings is 1. The lowest BCUT2D eigenvalue weighted by atomic mass is 10.00. The van der Waals surface area contributed by atoms with Crippen LogP contribution in [-0.2, 0) is 29.6 Å². The molecule has 4 rings (SSSR count). The maximum atomic E-state index is 12.7. The number of aromatic nitrogens is 4. The topological polar surface area (TPSA) is 111 Å². The van der Waals surface area contributed by atoms with Gasteiger partial charge in [-0.05, 0) is 43.5 Å². The predicted molar refractivity (Wildman–Crippen MR) is 134 cm³/mol. The van der Waals surface area contributed by atoms with Crippen LogP contribution in [0.1, 0.15) is 35.0 Å². The van der Waals surface area contributed by atoms with Gasteiger partial charge in [0.15, 0.2) is 10.8 Å². The summed E-state index contributed by atoms with van der Waals surface area (Å²) < 4.78 is 7.13. The van der Waals surface area contributed by atoms with E-state index < -0.39 is 0 Å². The second-order valence-corrected chi connectivity index (χ2v) is 9.92. The summed E-state index contributed by atoms with van der Waals surface area (Å²) in [5, 5.41) is 13.4. The molecule has 4 aromatic heterocycles. The number of carbonyl (C=O) groups excluding carboxylic acids is 2. The highest BCUT2D eigenvalue weighted by Gasteiger charge is 2.19. The first-order valence-electron chi connectivity index (χ1n) is 10.7. The van der Waals surface area contributed by atoms with Crippen molar-refractivity contribution < 1.29 is 14.3 Å². The third-order valence-corrected chi connectivity index (χ3v) is 7.36. The number of ether oxygens (including phenoxy) is 1. The van der Waals surface area contributed by atoms with Crippen molar-refractivity contribution in [1.29, 1.82) is 0 Å². The number of pyridine rings is 1. The van der Waals surface area contributed by atoms with Crippen molar-refractivity contribution in [2.45, 2.75) is 40.2 Å². The molecule has 4 heterocycles. The number of thiazole rings is 1. The zero-order chi connectivity index (χ0) is 24.4. The summed E-state index contributed by atoms with van der Waals surface area (Å²) in [6.07, 6.45) is 0.867. The number of hydrogen-bond acceptors (Lipinski definition) is 8. The molecular formula is C23H26N6O3S2. The van der Waals surface area contributed by atoms with Crippen molar-refractivity contribution in [3.63, 3.8) is 0 Å². The van der Waals surface area contributed by atoms with Gasteiger partial charge in [0.05, 0.1) is 29.6 Å². The van der Waals surface area contributed by atoms with Gasteiger partial charge in [0, 0.05) is 36.3 Å². The fraction of sp³-hybridized carbons (Fsp3) is 0.348. The average molecular weight is 499 g/mol. The minimum Gasteiger partial charge on any atom is -0.479 e. The van der Waals surface area contributed by atoms with Crippen LogP contribution < -0.4 is 15.4 Å². The molecule has 4 aromatic rings. The molecule has 0 radical (unpaired) electrons. The molecule has 0 aliphatic rings. The molecule has 11 heteroatoms. The maximum Gasteiger partial charge on any atom is 0.242 e. The van der Waals surface area contributed by atoms with Crippen LogP contribution in [0.15, 0.2) is 17.5 Å². The van der Waals surface area contributed by atoms with E-state index in [2.05, 4.69) is 25.7 Å². The highest BCUT2D eigenvalue weighted by atomic mass is 32.1. The van der Waals surface area contributed by atoms with Crippen molar-refractivity contribution in [1.82, 2.24) is 25.1 Å². The molecular weight excluding hydrogens is 472 g/mol. The van der Waals surface area contributed by atoms with Gasteiger partial charge in [-0.1, -0.05) is 0 Å². The Morgan fingerprint density at radius 1 is 1.21 bits per heavy atom. The van der Waals surface area contributed by atoms with Crippen LogP contribution in [0.25, 0.3) is 21.6 Å². The Kier molecular flexibility index (Phi) is 6.94. The summed E-state index contributed by atoms with van der Waals surface area (Å²) in [5.41, 5.74) is 4.52. The van der Waals surface area contributed by atoms with E-state index >= 15 is 0 Å². The quantitative estimate of drug-likeness (QED) is 0.380. The molecule has 0 bridgehead atoms. The number of fused-ring (bicyclic) bond motifs is 1. The first-order chi connectivity index (χ1) is 16.3. The monoisotopic (exact) mass is 498 g/mol. The molecule has 178 valence electrons. The SMILES string of the molecule is COc1nn(C)c2nc(C)c(CCC(=O)Nc3nc(-c4ccc(CNC(C)=O)s4)cs3)c(C)c12. The number of nitrogens with one attached hydrogen (secondary N) is 2. The number of carbonyl (C=O) groups is 2. The molecule has 0 aliphatic carbocycles. The number of hydrogen-bond donors (Lipinski definition) is 2. The van der Waals surface area contributed by atoms with Gasteiger partial charge < -0.3 is 15.4 Å². The highest BCUT2D eigenvalue weighted by Crippen LogP contribution is 2.32. The molecule has 0 aromatic carbocycles. The standard InChI is InChI=1S/C23H26N6O3S2/c1-12-16(13(2)25-21-20(12)22(32-5)28-29(21)4)7-9-19(31)27-23-26-17(11-33-23)18-8-6-15(34-18)10-24-14(3)30/h6,8,11H,7,9-10H2,1-5H3,(H,24,30)(H,26,27,31). The minimum absolute atomic E-state index is 0.0609. The van der Waals surface area contributed by atoms with Crippen LogP contribution in [0.2, 0.25) is 0 Å². The number of methoxy groups -OCH3 is 1. The fourth-order valence-electron chi connectivity index (χ4n) is 3.79. The zero-order valence-corrected chi connectivity index (χ0v) is 21.3. The van der Waals surface area contributed by atoms with Gasteiger partial charge in [0.1, 0.15) is 0 Å². The fourth-order valence-corrected chi connectivity index (χ4v) is 5.50. The zero-order valence-electron chi connectivity index (χ0n) is 19.7. The van der Waals surface area contributed by atoms with E-state index in [9.17, 15) is 9.59 Å². The molecule has 2 amide bonds. The lowest BCUT2D eigenvalue weighted by molar-refractivity contribution is -0.119. The van der Waals surface area contributed by atoms with E-state index in [1.165, 1.54) is 18.3 Å². The van der Waals surface area contributed by atoms with Gasteiger partial charge in [-0.15, -0.1) is 27.8 Å². The van der Waals surface area contributed by atoms with Gasteiger partial charge in [0.25, 0.3) is 0 Å². The van der Waals surface area contributed by atoms with Crippen LogP contribution >= 0.6 is 22.7 Å². The normalized spacial score (nSPS) is 11.1. The number of amides is 2.